The summed E-state index contributed by atoms with van der Waals surface area (Å²) in [7, 11) is 0. The summed E-state index contributed by atoms with van der Waals surface area (Å²) >= 11 is 3.15. The summed E-state index contributed by atoms with van der Waals surface area (Å²) in [5.41, 5.74) is 2.17. The van der Waals surface area contributed by atoms with Gasteiger partial charge in [-0.15, -0.1) is 0 Å². The van der Waals surface area contributed by atoms with Crippen LogP contribution in [-0.4, -0.2) is 28.5 Å². The maximum atomic E-state index is 13.9. The van der Waals surface area contributed by atoms with Gasteiger partial charge in [0.2, 0.25) is 0 Å². The third-order valence-corrected chi connectivity index (χ3v) is 4.93. The normalized spacial score (nSPS) is 10.6. The molecule has 0 spiro atoms. The minimum absolute atomic E-state index is 0.00234. The van der Waals surface area contributed by atoms with Crippen molar-refractivity contribution < 1.29 is 18.7 Å². The summed E-state index contributed by atoms with van der Waals surface area (Å²) in [5, 5.41) is 2.98. The SMILES string of the molecule is O=C(COC(=O)c1cc(-c2cccnc2)nc2ccccc12)Nc1ccc(Br)cc1F. The molecule has 8 heteroatoms. The van der Waals surface area contributed by atoms with Gasteiger partial charge >= 0.3 is 5.97 Å². The first-order valence-corrected chi connectivity index (χ1v) is 10.0. The minimum atomic E-state index is -0.685. The molecule has 0 radical (unpaired) electrons. The summed E-state index contributed by atoms with van der Waals surface area (Å²) in [4.78, 5) is 33.6. The fraction of sp³-hybridized carbons (Fsp3) is 0.0435. The number of carbonyl (C=O) groups is 2. The maximum absolute atomic E-state index is 13.9. The molecule has 2 aromatic heterocycles. The third kappa shape index (κ3) is 4.75. The van der Waals surface area contributed by atoms with E-state index in [0.29, 0.717) is 21.1 Å². The van der Waals surface area contributed by atoms with Crippen LogP contribution in [0.15, 0.2) is 77.5 Å². The van der Waals surface area contributed by atoms with E-state index in [1.54, 1.807) is 48.8 Å². The monoisotopic (exact) mass is 479 g/mol. The second-order valence-corrected chi connectivity index (χ2v) is 7.48. The highest BCUT2D eigenvalue weighted by molar-refractivity contribution is 9.10. The number of esters is 1. The molecule has 0 aliphatic rings. The molecule has 31 heavy (non-hydrogen) atoms. The van der Waals surface area contributed by atoms with Gasteiger partial charge in [-0.2, -0.15) is 0 Å². The van der Waals surface area contributed by atoms with Crippen LogP contribution in [0.5, 0.6) is 0 Å². The largest absolute Gasteiger partial charge is 0.452 e. The van der Waals surface area contributed by atoms with Crippen molar-refractivity contribution in [3.8, 4) is 11.3 Å². The van der Waals surface area contributed by atoms with Crippen LogP contribution in [-0.2, 0) is 9.53 Å². The Labute approximate surface area is 185 Å². The number of halogens is 2. The summed E-state index contributed by atoms with van der Waals surface area (Å²) < 4.78 is 19.6. The van der Waals surface area contributed by atoms with Gasteiger partial charge in [0.05, 0.1) is 22.5 Å². The number of aromatic nitrogens is 2. The number of ether oxygens (including phenoxy) is 1. The average molecular weight is 480 g/mol. The molecule has 0 aliphatic heterocycles. The van der Waals surface area contributed by atoms with Crippen molar-refractivity contribution in [3.63, 3.8) is 0 Å². The zero-order chi connectivity index (χ0) is 21.8. The van der Waals surface area contributed by atoms with Gasteiger partial charge in [0, 0.05) is 27.8 Å². The van der Waals surface area contributed by atoms with E-state index in [1.807, 2.05) is 12.1 Å². The minimum Gasteiger partial charge on any atom is -0.452 e. The van der Waals surface area contributed by atoms with Gasteiger partial charge in [-0.25, -0.2) is 14.2 Å². The summed E-state index contributed by atoms with van der Waals surface area (Å²) in [6, 6.07) is 16.6. The van der Waals surface area contributed by atoms with Crippen molar-refractivity contribution in [2.24, 2.45) is 0 Å². The van der Waals surface area contributed by atoms with E-state index in [4.69, 9.17) is 4.74 Å². The molecular weight excluding hydrogens is 465 g/mol. The standard InChI is InChI=1S/C23H15BrFN3O3/c24-15-7-8-20(18(25)10-15)28-22(29)13-31-23(30)17-11-21(14-4-3-9-26-12-14)27-19-6-2-1-5-16(17)19/h1-12H,13H2,(H,28,29). The van der Waals surface area contributed by atoms with E-state index in [2.05, 4.69) is 31.2 Å². The van der Waals surface area contributed by atoms with Crippen LogP contribution in [0.3, 0.4) is 0 Å². The Hall–Kier alpha value is -3.65. The molecular formula is C23H15BrFN3O3. The van der Waals surface area contributed by atoms with Gasteiger partial charge in [-0.1, -0.05) is 34.1 Å². The molecule has 1 N–H and O–H groups in total. The van der Waals surface area contributed by atoms with E-state index in [-0.39, 0.29) is 11.3 Å². The number of fused-ring (bicyclic) bond motifs is 1. The topological polar surface area (TPSA) is 81.2 Å². The fourth-order valence-electron chi connectivity index (χ4n) is 2.99. The molecule has 0 atom stereocenters. The zero-order valence-electron chi connectivity index (χ0n) is 16.0. The summed E-state index contributed by atoms with van der Waals surface area (Å²) in [6.07, 6.45) is 3.29. The number of para-hydroxylation sites is 1. The number of amides is 1. The van der Waals surface area contributed by atoms with Crippen molar-refractivity contribution in [3.05, 3.63) is 88.9 Å². The Bertz CT molecular complexity index is 1280. The zero-order valence-corrected chi connectivity index (χ0v) is 17.6. The van der Waals surface area contributed by atoms with Gasteiger partial charge in [0.15, 0.2) is 6.61 Å². The number of hydrogen-bond donors (Lipinski definition) is 1. The van der Waals surface area contributed by atoms with Crippen LogP contribution in [0.25, 0.3) is 22.2 Å². The van der Waals surface area contributed by atoms with Crippen LogP contribution in [0.4, 0.5) is 10.1 Å². The van der Waals surface area contributed by atoms with Crippen molar-refractivity contribution in [2.45, 2.75) is 0 Å². The van der Waals surface area contributed by atoms with E-state index in [1.165, 1.54) is 12.1 Å². The third-order valence-electron chi connectivity index (χ3n) is 4.43. The number of pyridine rings is 2. The molecule has 4 aromatic rings. The molecule has 0 fully saturated rings. The second-order valence-electron chi connectivity index (χ2n) is 6.56. The highest BCUT2D eigenvalue weighted by Gasteiger charge is 2.17. The molecule has 4 rings (SSSR count). The number of hydrogen-bond acceptors (Lipinski definition) is 5. The molecule has 0 saturated carbocycles. The van der Waals surface area contributed by atoms with E-state index < -0.39 is 24.3 Å². The van der Waals surface area contributed by atoms with Crippen LogP contribution in [0.1, 0.15) is 10.4 Å². The van der Waals surface area contributed by atoms with Crippen LogP contribution in [0.2, 0.25) is 0 Å². The average Bonchev–Trinajstić information content (AvgIpc) is 2.79. The smallest absolute Gasteiger partial charge is 0.339 e. The number of rotatable bonds is 5. The summed E-state index contributed by atoms with van der Waals surface area (Å²) in [6.45, 7) is -0.562. The maximum Gasteiger partial charge on any atom is 0.339 e. The van der Waals surface area contributed by atoms with Gasteiger partial charge in [-0.05, 0) is 42.5 Å². The molecule has 0 bridgehead atoms. The fourth-order valence-corrected chi connectivity index (χ4v) is 3.33. The second kappa shape index (κ2) is 9.01. The first-order valence-electron chi connectivity index (χ1n) is 9.23. The predicted molar refractivity (Wildman–Crippen MR) is 118 cm³/mol. The lowest BCUT2D eigenvalue weighted by Crippen LogP contribution is -2.21. The van der Waals surface area contributed by atoms with Gasteiger partial charge in [0.1, 0.15) is 5.82 Å². The van der Waals surface area contributed by atoms with E-state index in [0.717, 1.165) is 5.56 Å². The molecule has 0 aliphatic carbocycles. The number of nitrogens with one attached hydrogen (secondary N) is 1. The van der Waals surface area contributed by atoms with E-state index >= 15 is 0 Å². The van der Waals surface area contributed by atoms with Gasteiger partial charge in [0.25, 0.3) is 5.91 Å². The Kier molecular flexibility index (Phi) is 5.99. The highest BCUT2D eigenvalue weighted by Crippen LogP contribution is 2.25. The van der Waals surface area contributed by atoms with Crippen molar-refractivity contribution >= 4 is 44.4 Å². The van der Waals surface area contributed by atoms with Crippen LogP contribution >= 0.6 is 15.9 Å². The first-order chi connectivity index (χ1) is 15.0. The lowest BCUT2D eigenvalue weighted by Gasteiger charge is -2.11. The lowest BCUT2D eigenvalue weighted by atomic mass is 10.1. The Morgan fingerprint density at radius 3 is 2.68 bits per heavy atom. The van der Waals surface area contributed by atoms with Crippen LogP contribution < -0.4 is 5.32 Å². The number of carbonyl (C=O) groups excluding carboxylic acids is 2. The Morgan fingerprint density at radius 1 is 1.06 bits per heavy atom. The van der Waals surface area contributed by atoms with Crippen molar-refractivity contribution in [1.82, 2.24) is 9.97 Å². The first kappa shape index (κ1) is 20.6. The van der Waals surface area contributed by atoms with E-state index in [9.17, 15) is 14.0 Å². The van der Waals surface area contributed by atoms with Gasteiger partial charge in [-0.3, -0.25) is 9.78 Å². The molecule has 2 aromatic carbocycles. The molecule has 2 heterocycles. The van der Waals surface area contributed by atoms with Crippen molar-refractivity contribution in [1.29, 1.82) is 0 Å². The lowest BCUT2D eigenvalue weighted by molar-refractivity contribution is -0.119. The van der Waals surface area contributed by atoms with Crippen LogP contribution in [0, 0.1) is 5.82 Å². The number of anilines is 1. The Morgan fingerprint density at radius 2 is 1.90 bits per heavy atom. The summed E-state index contributed by atoms with van der Waals surface area (Å²) in [5.74, 6) is -1.94. The predicted octanol–water partition coefficient (Wildman–Crippen LogP) is 4.99. The molecule has 1 amide bonds. The van der Waals surface area contributed by atoms with Gasteiger partial charge < -0.3 is 10.1 Å². The molecule has 0 unspecified atom stereocenters. The van der Waals surface area contributed by atoms with Crippen molar-refractivity contribution in [2.75, 3.05) is 11.9 Å². The number of nitrogens with zero attached hydrogens (tertiary/aromatic N) is 2. The molecule has 6 nitrogen and oxygen atoms in total. The Balaban J connectivity index is 1.55. The molecule has 0 saturated heterocycles. The highest BCUT2D eigenvalue weighted by atomic mass is 79.9. The quantitative estimate of drug-likeness (QED) is 0.407. The molecule has 154 valence electrons. The number of benzene rings is 2.